The molecule has 1 aliphatic carbocycles. The number of nitrogens with one attached hydrogen (secondary N) is 1. The lowest BCUT2D eigenvalue weighted by Gasteiger charge is -2.33. The summed E-state index contributed by atoms with van der Waals surface area (Å²) in [7, 11) is 2.05. The van der Waals surface area contributed by atoms with E-state index in [0.717, 1.165) is 17.4 Å². The first kappa shape index (κ1) is 16.8. The van der Waals surface area contributed by atoms with Crippen molar-refractivity contribution in [3.8, 4) is 5.75 Å². The second-order valence-electron chi connectivity index (χ2n) is 6.31. The Labute approximate surface area is 133 Å². The van der Waals surface area contributed by atoms with Gasteiger partial charge in [0.05, 0.1) is 18.8 Å². The molecule has 0 aromatic heterocycles. The van der Waals surface area contributed by atoms with Gasteiger partial charge in [0.2, 0.25) is 5.91 Å². The van der Waals surface area contributed by atoms with Crippen molar-refractivity contribution in [2.45, 2.75) is 45.6 Å². The molecule has 0 atom stereocenters. The van der Waals surface area contributed by atoms with Crippen LogP contribution in [0.3, 0.4) is 0 Å². The Hall–Kier alpha value is -1.55. The average Bonchev–Trinajstić information content (AvgIpc) is 2.50. The molecule has 1 saturated carbocycles. The summed E-state index contributed by atoms with van der Waals surface area (Å²) in [6.07, 6.45) is 4.93. The molecule has 4 nitrogen and oxygen atoms in total. The highest BCUT2D eigenvalue weighted by molar-refractivity contribution is 5.93. The van der Waals surface area contributed by atoms with E-state index in [4.69, 9.17) is 4.74 Å². The Morgan fingerprint density at radius 3 is 2.64 bits per heavy atom. The number of hydrogen-bond acceptors (Lipinski definition) is 3. The highest BCUT2D eigenvalue weighted by atomic mass is 16.5. The number of carbonyl (C=O) groups excluding carboxylic acids is 1. The van der Waals surface area contributed by atoms with Gasteiger partial charge in [-0.25, -0.2) is 0 Å². The molecular weight excluding hydrogens is 276 g/mol. The zero-order valence-electron chi connectivity index (χ0n) is 14.0. The van der Waals surface area contributed by atoms with Gasteiger partial charge in [0.25, 0.3) is 0 Å². The second kappa shape index (κ2) is 8.18. The van der Waals surface area contributed by atoms with Gasteiger partial charge in [-0.2, -0.15) is 0 Å². The Bertz CT molecular complexity index is 482. The summed E-state index contributed by atoms with van der Waals surface area (Å²) in [5.41, 5.74) is 0.750. The summed E-state index contributed by atoms with van der Waals surface area (Å²) < 4.78 is 5.54. The first-order chi connectivity index (χ1) is 10.6. The summed E-state index contributed by atoms with van der Waals surface area (Å²) in [6, 6.07) is 8.11. The molecule has 0 radical (unpaired) electrons. The van der Waals surface area contributed by atoms with E-state index in [2.05, 4.69) is 24.2 Å². The van der Waals surface area contributed by atoms with Crippen molar-refractivity contribution in [2.24, 2.45) is 5.92 Å². The van der Waals surface area contributed by atoms with Crippen molar-refractivity contribution < 1.29 is 9.53 Å². The minimum absolute atomic E-state index is 0.0216. The molecule has 122 valence electrons. The maximum atomic E-state index is 12.3. The van der Waals surface area contributed by atoms with Gasteiger partial charge in [0.1, 0.15) is 5.75 Å². The molecule has 0 aliphatic heterocycles. The van der Waals surface area contributed by atoms with E-state index < -0.39 is 0 Å². The van der Waals surface area contributed by atoms with Crippen LogP contribution in [-0.2, 0) is 4.79 Å². The summed E-state index contributed by atoms with van der Waals surface area (Å²) in [6.45, 7) is 5.27. The topological polar surface area (TPSA) is 41.6 Å². The van der Waals surface area contributed by atoms with Crippen molar-refractivity contribution in [2.75, 3.05) is 25.5 Å². The summed E-state index contributed by atoms with van der Waals surface area (Å²) >= 11 is 0. The van der Waals surface area contributed by atoms with E-state index in [-0.39, 0.29) is 5.91 Å². The van der Waals surface area contributed by atoms with E-state index in [1.807, 2.05) is 31.2 Å². The van der Waals surface area contributed by atoms with Crippen molar-refractivity contribution in [1.82, 2.24) is 4.90 Å². The molecular formula is C18H28N2O2. The predicted molar refractivity (Wildman–Crippen MR) is 90.3 cm³/mol. The van der Waals surface area contributed by atoms with Gasteiger partial charge >= 0.3 is 0 Å². The standard InChI is InChI=1S/C18H28N2O2/c1-4-22-17-8-6-5-7-16(17)19-18(21)13-20(3)15-11-9-14(2)10-12-15/h5-8,14-15H,4,9-13H2,1-3H3,(H,19,21). The largest absolute Gasteiger partial charge is 0.492 e. The number of carbonyl (C=O) groups is 1. The quantitative estimate of drug-likeness (QED) is 0.874. The van der Waals surface area contributed by atoms with Crippen molar-refractivity contribution in [1.29, 1.82) is 0 Å². The Morgan fingerprint density at radius 1 is 1.27 bits per heavy atom. The van der Waals surface area contributed by atoms with Gasteiger partial charge in [-0.15, -0.1) is 0 Å². The summed E-state index contributed by atoms with van der Waals surface area (Å²) in [5.74, 6) is 1.58. The van der Waals surface area contributed by atoms with Crippen LogP contribution in [0.25, 0.3) is 0 Å². The van der Waals surface area contributed by atoms with Crippen LogP contribution in [0.1, 0.15) is 39.5 Å². The van der Waals surface area contributed by atoms with E-state index in [1.165, 1.54) is 25.7 Å². The number of ether oxygens (including phenoxy) is 1. The monoisotopic (exact) mass is 304 g/mol. The number of rotatable bonds is 6. The van der Waals surface area contributed by atoms with Crippen LogP contribution in [0, 0.1) is 5.92 Å². The zero-order valence-corrected chi connectivity index (χ0v) is 14.0. The molecule has 0 bridgehead atoms. The van der Waals surface area contributed by atoms with Crippen LogP contribution in [0.4, 0.5) is 5.69 Å². The molecule has 2 rings (SSSR count). The van der Waals surface area contributed by atoms with Crippen LogP contribution in [0.15, 0.2) is 24.3 Å². The number of amides is 1. The molecule has 1 fully saturated rings. The minimum atomic E-state index is 0.0216. The Kier molecular flexibility index (Phi) is 6.25. The first-order valence-electron chi connectivity index (χ1n) is 8.32. The maximum Gasteiger partial charge on any atom is 0.238 e. The molecule has 1 N–H and O–H groups in total. The van der Waals surface area contributed by atoms with Crippen LogP contribution >= 0.6 is 0 Å². The normalized spacial score (nSPS) is 21.6. The van der Waals surface area contributed by atoms with Crippen LogP contribution in [-0.4, -0.2) is 37.0 Å². The Balaban J connectivity index is 1.87. The second-order valence-corrected chi connectivity index (χ2v) is 6.31. The summed E-state index contributed by atoms with van der Waals surface area (Å²) in [4.78, 5) is 14.5. The number of hydrogen-bond donors (Lipinski definition) is 1. The molecule has 1 aromatic rings. The molecule has 1 aliphatic rings. The number of likely N-dealkylation sites (N-methyl/N-ethyl adjacent to an activating group) is 1. The highest BCUT2D eigenvalue weighted by Crippen LogP contribution is 2.27. The third-order valence-corrected chi connectivity index (χ3v) is 4.46. The van der Waals surface area contributed by atoms with Crippen LogP contribution < -0.4 is 10.1 Å². The first-order valence-corrected chi connectivity index (χ1v) is 8.32. The molecule has 0 unspecified atom stereocenters. The zero-order chi connectivity index (χ0) is 15.9. The van der Waals surface area contributed by atoms with E-state index in [1.54, 1.807) is 0 Å². The SMILES string of the molecule is CCOc1ccccc1NC(=O)CN(C)C1CCC(C)CC1. The lowest BCUT2D eigenvalue weighted by Crippen LogP contribution is -2.39. The van der Waals surface area contributed by atoms with Gasteiger partial charge in [0.15, 0.2) is 0 Å². The molecule has 4 heteroatoms. The van der Waals surface area contributed by atoms with E-state index in [0.29, 0.717) is 19.2 Å². The molecule has 1 amide bonds. The van der Waals surface area contributed by atoms with E-state index >= 15 is 0 Å². The highest BCUT2D eigenvalue weighted by Gasteiger charge is 2.23. The van der Waals surface area contributed by atoms with Gasteiger partial charge in [-0.05, 0) is 57.7 Å². The molecule has 0 heterocycles. The maximum absolute atomic E-state index is 12.3. The Morgan fingerprint density at radius 2 is 1.95 bits per heavy atom. The van der Waals surface area contributed by atoms with Crippen molar-refractivity contribution in [3.63, 3.8) is 0 Å². The third kappa shape index (κ3) is 4.73. The van der Waals surface area contributed by atoms with Crippen LogP contribution in [0.5, 0.6) is 5.75 Å². The molecule has 1 aromatic carbocycles. The molecule has 0 spiro atoms. The fourth-order valence-corrected chi connectivity index (χ4v) is 3.08. The summed E-state index contributed by atoms with van der Waals surface area (Å²) in [5, 5.41) is 2.97. The number of anilines is 1. The lowest BCUT2D eigenvalue weighted by molar-refractivity contribution is -0.117. The fourth-order valence-electron chi connectivity index (χ4n) is 3.08. The number of benzene rings is 1. The lowest BCUT2D eigenvalue weighted by atomic mass is 9.87. The van der Waals surface area contributed by atoms with Gasteiger partial charge < -0.3 is 10.1 Å². The van der Waals surface area contributed by atoms with Crippen LogP contribution in [0.2, 0.25) is 0 Å². The molecule has 22 heavy (non-hydrogen) atoms. The average molecular weight is 304 g/mol. The van der Waals surface area contributed by atoms with Crippen molar-refractivity contribution in [3.05, 3.63) is 24.3 Å². The number of para-hydroxylation sites is 2. The third-order valence-electron chi connectivity index (χ3n) is 4.46. The van der Waals surface area contributed by atoms with Gasteiger partial charge in [-0.3, -0.25) is 9.69 Å². The van der Waals surface area contributed by atoms with Gasteiger partial charge in [-0.1, -0.05) is 19.1 Å². The smallest absolute Gasteiger partial charge is 0.238 e. The number of nitrogens with zero attached hydrogens (tertiary/aromatic N) is 1. The van der Waals surface area contributed by atoms with Gasteiger partial charge in [0, 0.05) is 6.04 Å². The molecule has 0 saturated heterocycles. The van der Waals surface area contributed by atoms with Crippen molar-refractivity contribution >= 4 is 11.6 Å². The van der Waals surface area contributed by atoms with E-state index in [9.17, 15) is 4.79 Å². The minimum Gasteiger partial charge on any atom is -0.492 e. The fraction of sp³-hybridized carbons (Fsp3) is 0.611. The predicted octanol–water partition coefficient (Wildman–Crippen LogP) is 3.53.